The average Bonchev–Trinajstić information content (AvgIpc) is 2.79. The molecule has 0 saturated heterocycles. The molecule has 0 saturated carbocycles. The van der Waals surface area contributed by atoms with Gasteiger partial charge in [0.1, 0.15) is 5.50 Å². The SMILES string of the molecule is CCOC(=O)C1=C(C)N(CCc2ccc(OC)c(OC)c2)C(S)NC1c1ccccc1. The second kappa shape index (κ2) is 10.6. The van der Waals surface area contributed by atoms with Crippen LogP contribution in [0.4, 0.5) is 0 Å². The van der Waals surface area contributed by atoms with Gasteiger partial charge >= 0.3 is 5.97 Å². The first-order chi connectivity index (χ1) is 15.0. The molecular weight excluding hydrogens is 412 g/mol. The number of methoxy groups -OCH3 is 2. The van der Waals surface area contributed by atoms with Crippen LogP contribution < -0.4 is 14.8 Å². The Kier molecular flexibility index (Phi) is 7.87. The number of benzene rings is 2. The second-order valence-electron chi connectivity index (χ2n) is 7.24. The molecule has 31 heavy (non-hydrogen) atoms. The molecule has 1 heterocycles. The molecule has 0 amide bonds. The van der Waals surface area contributed by atoms with Gasteiger partial charge in [0.2, 0.25) is 0 Å². The number of allylic oxidation sites excluding steroid dienone is 1. The summed E-state index contributed by atoms with van der Waals surface area (Å²) in [5.41, 5.74) is 3.35. The number of hydrogen-bond acceptors (Lipinski definition) is 7. The van der Waals surface area contributed by atoms with Crippen molar-refractivity contribution in [2.45, 2.75) is 31.8 Å². The molecule has 2 aromatic carbocycles. The fourth-order valence-corrected chi connectivity index (χ4v) is 4.27. The van der Waals surface area contributed by atoms with Gasteiger partial charge in [0.15, 0.2) is 11.5 Å². The zero-order valence-electron chi connectivity index (χ0n) is 18.4. The normalized spacial score (nSPS) is 18.7. The van der Waals surface area contributed by atoms with Crippen molar-refractivity contribution in [3.8, 4) is 11.5 Å². The van der Waals surface area contributed by atoms with Gasteiger partial charge in [0.05, 0.1) is 32.4 Å². The maximum atomic E-state index is 12.9. The van der Waals surface area contributed by atoms with Crippen LogP contribution in [-0.2, 0) is 16.0 Å². The summed E-state index contributed by atoms with van der Waals surface area (Å²) in [6.07, 6.45) is 0.753. The molecule has 0 bridgehead atoms. The van der Waals surface area contributed by atoms with Crippen molar-refractivity contribution >= 4 is 18.6 Å². The molecular formula is C24H30N2O4S. The Labute approximate surface area is 189 Å². The Hall–Kier alpha value is -2.64. The van der Waals surface area contributed by atoms with Crippen LogP contribution >= 0.6 is 12.6 Å². The van der Waals surface area contributed by atoms with E-state index < -0.39 is 0 Å². The summed E-state index contributed by atoms with van der Waals surface area (Å²) in [7, 11) is 3.25. The predicted molar refractivity (Wildman–Crippen MR) is 124 cm³/mol. The first-order valence-electron chi connectivity index (χ1n) is 10.3. The smallest absolute Gasteiger partial charge is 0.337 e. The molecule has 1 N–H and O–H groups in total. The van der Waals surface area contributed by atoms with Crippen molar-refractivity contribution in [3.05, 3.63) is 70.9 Å². The lowest BCUT2D eigenvalue weighted by Crippen LogP contribution is -2.50. The highest BCUT2D eigenvalue weighted by Gasteiger charge is 2.35. The average molecular weight is 443 g/mol. The third-order valence-corrected chi connectivity index (χ3v) is 5.87. The standard InChI is InChI=1S/C24H30N2O4S/c1-5-30-23(27)21-16(2)26(24(31)25-22(21)18-9-7-6-8-10-18)14-13-17-11-12-19(28-3)20(15-17)29-4/h6-12,15,22,24-25,31H,5,13-14H2,1-4H3. The van der Waals surface area contributed by atoms with Gasteiger partial charge in [-0.1, -0.05) is 36.4 Å². The lowest BCUT2D eigenvalue weighted by Gasteiger charge is -2.41. The quantitative estimate of drug-likeness (QED) is 0.477. The van der Waals surface area contributed by atoms with E-state index in [4.69, 9.17) is 26.8 Å². The number of thiol groups is 1. The lowest BCUT2D eigenvalue weighted by atomic mass is 9.95. The summed E-state index contributed by atoms with van der Waals surface area (Å²) < 4.78 is 16.1. The molecule has 0 fully saturated rings. The number of ether oxygens (including phenoxy) is 3. The maximum Gasteiger partial charge on any atom is 0.337 e. The Morgan fingerprint density at radius 1 is 1.10 bits per heavy atom. The van der Waals surface area contributed by atoms with Crippen LogP contribution in [0.3, 0.4) is 0 Å². The Balaban J connectivity index is 1.88. The van der Waals surface area contributed by atoms with Gasteiger partial charge < -0.3 is 19.1 Å². The van der Waals surface area contributed by atoms with E-state index in [9.17, 15) is 4.79 Å². The summed E-state index contributed by atoms with van der Waals surface area (Å²) in [6, 6.07) is 15.5. The van der Waals surface area contributed by atoms with E-state index >= 15 is 0 Å². The zero-order valence-corrected chi connectivity index (χ0v) is 19.3. The number of rotatable bonds is 8. The van der Waals surface area contributed by atoms with Gasteiger partial charge in [-0.2, -0.15) is 0 Å². The van der Waals surface area contributed by atoms with E-state index in [-0.39, 0.29) is 17.5 Å². The molecule has 166 valence electrons. The van der Waals surface area contributed by atoms with Crippen molar-refractivity contribution in [3.63, 3.8) is 0 Å². The molecule has 7 heteroatoms. The topological polar surface area (TPSA) is 60.0 Å². The number of carbonyl (C=O) groups is 1. The van der Waals surface area contributed by atoms with Crippen molar-refractivity contribution in [1.29, 1.82) is 0 Å². The molecule has 2 unspecified atom stereocenters. The Morgan fingerprint density at radius 3 is 2.45 bits per heavy atom. The highest BCUT2D eigenvalue weighted by Crippen LogP contribution is 2.34. The number of nitrogens with zero attached hydrogens (tertiary/aromatic N) is 1. The van der Waals surface area contributed by atoms with Gasteiger partial charge in [-0.3, -0.25) is 5.32 Å². The van der Waals surface area contributed by atoms with E-state index in [0.29, 0.717) is 30.2 Å². The van der Waals surface area contributed by atoms with E-state index in [1.54, 1.807) is 14.2 Å². The van der Waals surface area contributed by atoms with Crippen LogP contribution in [0.25, 0.3) is 0 Å². The second-order valence-corrected chi connectivity index (χ2v) is 7.73. The number of carbonyl (C=O) groups excluding carboxylic acids is 1. The van der Waals surface area contributed by atoms with Crippen molar-refractivity contribution in [2.24, 2.45) is 0 Å². The summed E-state index contributed by atoms with van der Waals surface area (Å²) in [4.78, 5) is 15.0. The molecule has 0 radical (unpaired) electrons. The largest absolute Gasteiger partial charge is 0.493 e. The van der Waals surface area contributed by atoms with Gasteiger partial charge in [-0.25, -0.2) is 4.79 Å². The number of esters is 1. The van der Waals surface area contributed by atoms with Gasteiger partial charge in [-0.15, -0.1) is 12.6 Å². The number of hydrogen-bond donors (Lipinski definition) is 2. The van der Waals surface area contributed by atoms with E-state index in [2.05, 4.69) is 10.2 Å². The maximum absolute atomic E-state index is 12.9. The molecule has 1 aliphatic rings. The highest BCUT2D eigenvalue weighted by atomic mass is 32.1. The fourth-order valence-electron chi connectivity index (χ4n) is 3.83. The molecule has 1 aliphatic heterocycles. The molecule has 6 nitrogen and oxygen atoms in total. The summed E-state index contributed by atoms with van der Waals surface area (Å²) in [5.74, 6) is 1.09. The van der Waals surface area contributed by atoms with Gasteiger partial charge in [0, 0.05) is 12.2 Å². The van der Waals surface area contributed by atoms with Crippen LogP contribution in [0.2, 0.25) is 0 Å². The monoisotopic (exact) mass is 442 g/mol. The summed E-state index contributed by atoms with van der Waals surface area (Å²) in [6.45, 7) is 4.78. The predicted octanol–water partition coefficient (Wildman–Crippen LogP) is 3.94. The minimum atomic E-state index is -0.308. The molecule has 3 rings (SSSR count). The third kappa shape index (κ3) is 5.17. The first kappa shape index (κ1) is 23.0. The third-order valence-electron chi connectivity index (χ3n) is 5.44. The van der Waals surface area contributed by atoms with Crippen LogP contribution in [-0.4, -0.2) is 43.7 Å². The first-order valence-corrected chi connectivity index (χ1v) is 10.9. The molecule has 0 aliphatic carbocycles. The van der Waals surface area contributed by atoms with Crippen LogP contribution in [0.15, 0.2) is 59.8 Å². The molecule has 2 atom stereocenters. The van der Waals surface area contributed by atoms with Crippen molar-refractivity contribution in [1.82, 2.24) is 10.2 Å². The van der Waals surface area contributed by atoms with E-state index in [0.717, 1.165) is 23.2 Å². The molecule has 0 spiro atoms. The summed E-state index contributed by atoms with van der Waals surface area (Å²) >= 11 is 4.79. The fraction of sp³-hybridized carbons (Fsp3) is 0.375. The molecule has 2 aromatic rings. The van der Waals surface area contributed by atoms with Crippen LogP contribution in [0.1, 0.15) is 31.0 Å². The number of nitrogens with one attached hydrogen (secondary N) is 1. The van der Waals surface area contributed by atoms with E-state index in [1.165, 1.54) is 0 Å². The zero-order chi connectivity index (χ0) is 22.4. The van der Waals surface area contributed by atoms with E-state index in [1.807, 2.05) is 62.4 Å². The van der Waals surface area contributed by atoms with Crippen LogP contribution in [0, 0.1) is 0 Å². The minimum absolute atomic E-state index is 0.247. The Bertz CT molecular complexity index is 932. The van der Waals surface area contributed by atoms with Crippen molar-refractivity contribution in [2.75, 3.05) is 27.4 Å². The lowest BCUT2D eigenvalue weighted by molar-refractivity contribution is -0.139. The van der Waals surface area contributed by atoms with Crippen molar-refractivity contribution < 1.29 is 19.0 Å². The summed E-state index contributed by atoms with van der Waals surface area (Å²) in [5, 5.41) is 3.47. The van der Waals surface area contributed by atoms with Crippen LogP contribution in [0.5, 0.6) is 11.5 Å². The minimum Gasteiger partial charge on any atom is -0.493 e. The highest BCUT2D eigenvalue weighted by molar-refractivity contribution is 7.80. The Morgan fingerprint density at radius 2 is 1.81 bits per heavy atom. The molecule has 0 aromatic heterocycles. The van der Waals surface area contributed by atoms with Gasteiger partial charge in [-0.05, 0) is 43.5 Å². The van der Waals surface area contributed by atoms with Gasteiger partial charge in [0.25, 0.3) is 0 Å².